The second-order valence-electron chi connectivity index (χ2n) is 5.33. The Labute approximate surface area is 146 Å². The number of hydrogen-bond donors (Lipinski definition) is 0. The van der Waals surface area contributed by atoms with Gasteiger partial charge in [0.15, 0.2) is 17.3 Å². The molecule has 0 spiro atoms. The van der Waals surface area contributed by atoms with Gasteiger partial charge in [0, 0.05) is 21.5 Å². The summed E-state index contributed by atoms with van der Waals surface area (Å²) in [6, 6.07) is 13.4. The van der Waals surface area contributed by atoms with E-state index in [1.807, 2.05) is 52.4 Å². The van der Waals surface area contributed by atoms with E-state index < -0.39 is 0 Å². The van der Waals surface area contributed by atoms with Gasteiger partial charge in [-0.25, -0.2) is 4.52 Å². The molecule has 5 rings (SSSR count). The van der Waals surface area contributed by atoms with E-state index in [1.54, 1.807) is 11.3 Å². The predicted molar refractivity (Wildman–Crippen MR) is 92.9 cm³/mol. The summed E-state index contributed by atoms with van der Waals surface area (Å²) in [4.78, 5) is 5.46. The Hall–Kier alpha value is -2.57. The van der Waals surface area contributed by atoms with Crippen LogP contribution in [0, 0.1) is 0 Å². The van der Waals surface area contributed by atoms with Gasteiger partial charge in [-0.15, -0.1) is 16.4 Å². The summed E-state index contributed by atoms with van der Waals surface area (Å²) in [6.07, 6.45) is 0. The first kappa shape index (κ1) is 13.8. The van der Waals surface area contributed by atoms with Crippen molar-refractivity contribution in [1.29, 1.82) is 0 Å². The number of rotatable bonds is 2. The van der Waals surface area contributed by atoms with Gasteiger partial charge in [-0.3, -0.25) is 0 Å². The van der Waals surface area contributed by atoms with Crippen LogP contribution in [0.2, 0.25) is 5.02 Å². The van der Waals surface area contributed by atoms with E-state index in [2.05, 4.69) is 10.1 Å². The summed E-state index contributed by atoms with van der Waals surface area (Å²) in [6.45, 7) is 0.255. The van der Waals surface area contributed by atoms with Crippen molar-refractivity contribution in [2.24, 2.45) is 0 Å². The average Bonchev–Trinajstić information content (AvgIpc) is 3.30. The summed E-state index contributed by atoms with van der Waals surface area (Å²) in [5.41, 5.74) is 2.94. The van der Waals surface area contributed by atoms with E-state index in [0.29, 0.717) is 10.8 Å². The summed E-state index contributed by atoms with van der Waals surface area (Å²) in [5, 5.41) is 7.41. The lowest BCUT2D eigenvalue weighted by Gasteiger charge is -2.00. The van der Waals surface area contributed by atoms with Gasteiger partial charge in [0.1, 0.15) is 0 Å². The van der Waals surface area contributed by atoms with E-state index in [-0.39, 0.29) is 6.79 Å². The minimum absolute atomic E-state index is 0.255. The molecule has 3 heterocycles. The van der Waals surface area contributed by atoms with Crippen LogP contribution in [-0.4, -0.2) is 21.4 Å². The zero-order valence-electron chi connectivity index (χ0n) is 12.3. The van der Waals surface area contributed by atoms with Crippen molar-refractivity contribution < 1.29 is 9.47 Å². The van der Waals surface area contributed by atoms with Crippen molar-refractivity contribution in [3.8, 4) is 34.1 Å². The average molecular weight is 356 g/mol. The Morgan fingerprint density at radius 1 is 1.00 bits per heavy atom. The zero-order valence-corrected chi connectivity index (χ0v) is 13.8. The molecule has 1 aliphatic rings. The number of hydrogen-bond acceptors (Lipinski definition) is 5. The number of fused-ring (bicyclic) bond motifs is 2. The van der Waals surface area contributed by atoms with Gasteiger partial charge < -0.3 is 9.47 Å². The molecule has 5 nitrogen and oxygen atoms in total. The SMILES string of the molecule is Clc1ccc(-c2csc3nc(-c4ccc5c(c4)OCO5)nn23)cc1. The summed E-state index contributed by atoms with van der Waals surface area (Å²) in [5.74, 6) is 2.14. The first-order valence-corrected chi connectivity index (χ1v) is 8.54. The van der Waals surface area contributed by atoms with Gasteiger partial charge in [-0.05, 0) is 30.3 Å². The summed E-state index contributed by atoms with van der Waals surface area (Å²) < 4.78 is 12.6. The van der Waals surface area contributed by atoms with Crippen molar-refractivity contribution in [3.63, 3.8) is 0 Å². The minimum Gasteiger partial charge on any atom is -0.454 e. The van der Waals surface area contributed by atoms with Crippen LogP contribution in [0.3, 0.4) is 0 Å². The third-order valence-corrected chi connectivity index (χ3v) is 4.92. The monoisotopic (exact) mass is 355 g/mol. The van der Waals surface area contributed by atoms with Gasteiger partial charge in [0.2, 0.25) is 11.8 Å². The number of halogens is 1. The van der Waals surface area contributed by atoms with Crippen molar-refractivity contribution in [3.05, 3.63) is 52.9 Å². The topological polar surface area (TPSA) is 48.7 Å². The Bertz CT molecular complexity index is 1060. The van der Waals surface area contributed by atoms with Crippen LogP contribution in [0.4, 0.5) is 0 Å². The van der Waals surface area contributed by atoms with Crippen molar-refractivity contribution >= 4 is 27.9 Å². The highest BCUT2D eigenvalue weighted by molar-refractivity contribution is 7.15. The molecular formula is C17H10ClN3O2S. The molecule has 7 heteroatoms. The number of aromatic nitrogens is 3. The molecular weight excluding hydrogens is 346 g/mol. The molecule has 0 radical (unpaired) electrons. The Morgan fingerprint density at radius 3 is 2.67 bits per heavy atom. The van der Waals surface area contributed by atoms with Gasteiger partial charge in [0.25, 0.3) is 0 Å². The molecule has 0 atom stereocenters. The van der Waals surface area contributed by atoms with E-state index >= 15 is 0 Å². The summed E-state index contributed by atoms with van der Waals surface area (Å²) in [7, 11) is 0. The van der Waals surface area contributed by atoms with Crippen LogP contribution in [0.15, 0.2) is 47.8 Å². The standard InChI is InChI=1S/C17H10ClN3O2S/c18-12-4-1-10(2-5-12)13-8-24-17-19-16(20-21(13)17)11-3-6-14-15(7-11)23-9-22-14/h1-8H,9H2. The first-order chi connectivity index (χ1) is 11.8. The summed E-state index contributed by atoms with van der Waals surface area (Å²) >= 11 is 7.52. The molecule has 118 valence electrons. The molecule has 1 aliphatic heterocycles. The number of thiazole rings is 1. The van der Waals surface area contributed by atoms with Crippen LogP contribution in [0.5, 0.6) is 11.5 Å². The second kappa shape index (κ2) is 5.22. The molecule has 2 aromatic heterocycles. The smallest absolute Gasteiger partial charge is 0.231 e. The number of nitrogens with zero attached hydrogens (tertiary/aromatic N) is 3. The molecule has 0 amide bonds. The number of ether oxygens (including phenoxy) is 2. The van der Waals surface area contributed by atoms with Crippen LogP contribution in [-0.2, 0) is 0 Å². The lowest BCUT2D eigenvalue weighted by molar-refractivity contribution is 0.174. The van der Waals surface area contributed by atoms with E-state index in [0.717, 1.165) is 33.3 Å². The molecule has 2 aromatic carbocycles. The highest BCUT2D eigenvalue weighted by Crippen LogP contribution is 2.36. The third-order valence-electron chi connectivity index (χ3n) is 3.85. The Morgan fingerprint density at radius 2 is 1.79 bits per heavy atom. The van der Waals surface area contributed by atoms with Crippen molar-refractivity contribution in [2.45, 2.75) is 0 Å². The lowest BCUT2D eigenvalue weighted by Crippen LogP contribution is -1.92. The molecule has 0 N–H and O–H groups in total. The predicted octanol–water partition coefficient (Wildman–Crippen LogP) is 4.51. The molecule has 0 aliphatic carbocycles. The maximum Gasteiger partial charge on any atom is 0.231 e. The fourth-order valence-corrected chi connectivity index (χ4v) is 3.62. The molecule has 0 saturated heterocycles. The lowest BCUT2D eigenvalue weighted by atomic mass is 10.2. The number of benzene rings is 2. The van der Waals surface area contributed by atoms with Crippen LogP contribution in [0.25, 0.3) is 27.6 Å². The van der Waals surface area contributed by atoms with Gasteiger partial charge >= 0.3 is 0 Å². The fraction of sp³-hybridized carbons (Fsp3) is 0.0588. The van der Waals surface area contributed by atoms with Crippen LogP contribution in [0.1, 0.15) is 0 Å². The first-order valence-electron chi connectivity index (χ1n) is 7.28. The molecule has 4 aromatic rings. The van der Waals surface area contributed by atoms with E-state index in [9.17, 15) is 0 Å². The zero-order chi connectivity index (χ0) is 16.1. The normalized spacial score (nSPS) is 12.9. The van der Waals surface area contributed by atoms with Gasteiger partial charge in [0.05, 0.1) is 5.69 Å². The third kappa shape index (κ3) is 2.15. The van der Waals surface area contributed by atoms with Gasteiger partial charge in [-0.1, -0.05) is 23.7 Å². The van der Waals surface area contributed by atoms with Gasteiger partial charge in [-0.2, -0.15) is 4.98 Å². The highest BCUT2D eigenvalue weighted by atomic mass is 35.5. The van der Waals surface area contributed by atoms with Crippen LogP contribution >= 0.6 is 22.9 Å². The maximum absolute atomic E-state index is 5.97. The quantitative estimate of drug-likeness (QED) is 0.531. The second-order valence-corrected chi connectivity index (χ2v) is 6.60. The molecule has 0 bridgehead atoms. The minimum atomic E-state index is 0.255. The fourth-order valence-electron chi connectivity index (χ4n) is 2.66. The van der Waals surface area contributed by atoms with E-state index in [4.69, 9.17) is 21.1 Å². The highest BCUT2D eigenvalue weighted by Gasteiger charge is 2.17. The van der Waals surface area contributed by atoms with Crippen LogP contribution < -0.4 is 9.47 Å². The molecule has 24 heavy (non-hydrogen) atoms. The Balaban J connectivity index is 1.60. The largest absolute Gasteiger partial charge is 0.454 e. The molecule has 0 fully saturated rings. The van der Waals surface area contributed by atoms with Crippen molar-refractivity contribution in [1.82, 2.24) is 14.6 Å². The maximum atomic E-state index is 5.97. The van der Waals surface area contributed by atoms with E-state index in [1.165, 1.54) is 0 Å². The van der Waals surface area contributed by atoms with Crippen molar-refractivity contribution in [2.75, 3.05) is 6.79 Å². The Kier molecular flexibility index (Phi) is 3.01. The molecule has 0 saturated carbocycles. The molecule has 0 unspecified atom stereocenters.